The van der Waals surface area contributed by atoms with Gasteiger partial charge in [-0.05, 0) is 46.7 Å². The molecule has 0 fully saturated rings. The average molecular weight is 350 g/mol. The molecule has 3 rings (SSSR count). The highest BCUT2D eigenvalue weighted by molar-refractivity contribution is 5.85. The summed E-state index contributed by atoms with van der Waals surface area (Å²) >= 11 is 0. The Morgan fingerprint density at radius 2 is 1.92 bits per heavy atom. The van der Waals surface area contributed by atoms with Gasteiger partial charge in [-0.25, -0.2) is 5.43 Å². The summed E-state index contributed by atoms with van der Waals surface area (Å²) in [5.74, 6) is 0.614. The molecule has 0 aliphatic heterocycles. The number of benzene rings is 3. The normalized spacial score (nSPS) is 10.8. The first-order chi connectivity index (χ1) is 12.7. The molecule has 1 amide bonds. The number of amides is 1. The number of phenols is 1. The molecule has 6 heteroatoms. The number of nitrogens with one attached hydrogen (secondary N) is 1. The summed E-state index contributed by atoms with van der Waals surface area (Å²) < 4.78 is 10.5. The van der Waals surface area contributed by atoms with Crippen molar-refractivity contribution in [2.75, 3.05) is 13.7 Å². The van der Waals surface area contributed by atoms with Gasteiger partial charge in [0.05, 0.1) is 13.3 Å². The van der Waals surface area contributed by atoms with E-state index in [9.17, 15) is 9.90 Å². The summed E-state index contributed by atoms with van der Waals surface area (Å²) in [5.41, 5.74) is 3.07. The lowest BCUT2D eigenvalue weighted by Gasteiger charge is -2.06. The second kappa shape index (κ2) is 8.02. The Balaban J connectivity index is 1.53. The van der Waals surface area contributed by atoms with Crippen molar-refractivity contribution in [3.8, 4) is 17.2 Å². The molecule has 0 aromatic heterocycles. The van der Waals surface area contributed by atoms with Crippen LogP contribution in [-0.4, -0.2) is 30.9 Å². The second-order valence-electron chi connectivity index (χ2n) is 5.52. The van der Waals surface area contributed by atoms with E-state index in [0.717, 1.165) is 10.8 Å². The number of ether oxygens (including phenoxy) is 2. The summed E-state index contributed by atoms with van der Waals surface area (Å²) in [4.78, 5) is 11.8. The van der Waals surface area contributed by atoms with Gasteiger partial charge in [-0.15, -0.1) is 0 Å². The van der Waals surface area contributed by atoms with Crippen LogP contribution >= 0.6 is 0 Å². The van der Waals surface area contributed by atoms with Gasteiger partial charge >= 0.3 is 0 Å². The second-order valence-corrected chi connectivity index (χ2v) is 5.52. The van der Waals surface area contributed by atoms with Gasteiger partial charge in [0.15, 0.2) is 18.1 Å². The van der Waals surface area contributed by atoms with Crippen LogP contribution in [-0.2, 0) is 4.79 Å². The highest BCUT2D eigenvalue weighted by Gasteiger charge is 2.03. The first-order valence-corrected chi connectivity index (χ1v) is 7.96. The molecule has 3 aromatic rings. The third kappa shape index (κ3) is 4.30. The highest BCUT2D eigenvalue weighted by atomic mass is 16.5. The number of carbonyl (C=O) groups excluding carboxylic acids is 1. The predicted molar refractivity (Wildman–Crippen MR) is 99.8 cm³/mol. The first kappa shape index (κ1) is 17.3. The van der Waals surface area contributed by atoms with Gasteiger partial charge in [0.25, 0.3) is 5.91 Å². The molecule has 0 radical (unpaired) electrons. The lowest BCUT2D eigenvalue weighted by molar-refractivity contribution is -0.123. The molecule has 0 aliphatic rings. The molecule has 0 heterocycles. The molecule has 132 valence electrons. The van der Waals surface area contributed by atoms with E-state index in [-0.39, 0.29) is 18.3 Å². The van der Waals surface area contributed by atoms with E-state index in [0.29, 0.717) is 17.1 Å². The minimum absolute atomic E-state index is 0.0393. The Bertz CT molecular complexity index is 953. The smallest absolute Gasteiger partial charge is 0.277 e. The lowest BCUT2D eigenvalue weighted by Crippen LogP contribution is -2.24. The largest absolute Gasteiger partial charge is 0.504 e. The van der Waals surface area contributed by atoms with Crippen molar-refractivity contribution in [1.82, 2.24) is 5.43 Å². The Hall–Kier alpha value is -3.54. The molecule has 2 N–H and O–H groups in total. The molecule has 0 atom stereocenters. The Morgan fingerprint density at radius 1 is 1.12 bits per heavy atom. The first-order valence-electron chi connectivity index (χ1n) is 7.96. The third-order valence-corrected chi connectivity index (χ3v) is 3.70. The van der Waals surface area contributed by atoms with Crippen molar-refractivity contribution in [3.05, 3.63) is 66.2 Å². The Labute approximate surface area is 150 Å². The number of aromatic hydroxyl groups is 1. The number of hydrazone groups is 1. The molecular weight excluding hydrogens is 332 g/mol. The van der Waals surface area contributed by atoms with E-state index in [4.69, 9.17) is 9.47 Å². The van der Waals surface area contributed by atoms with Gasteiger partial charge < -0.3 is 14.6 Å². The van der Waals surface area contributed by atoms with Gasteiger partial charge in [0.1, 0.15) is 5.75 Å². The van der Waals surface area contributed by atoms with Crippen LogP contribution < -0.4 is 14.9 Å². The van der Waals surface area contributed by atoms with Crippen LogP contribution in [0.3, 0.4) is 0 Å². The van der Waals surface area contributed by atoms with E-state index in [1.54, 1.807) is 12.1 Å². The number of hydrogen-bond donors (Lipinski definition) is 2. The predicted octanol–water partition coefficient (Wildman–Crippen LogP) is 3.08. The topological polar surface area (TPSA) is 80.2 Å². The summed E-state index contributed by atoms with van der Waals surface area (Å²) in [6.45, 7) is -0.144. The summed E-state index contributed by atoms with van der Waals surface area (Å²) in [6, 6.07) is 18.3. The van der Waals surface area contributed by atoms with Crippen molar-refractivity contribution in [3.63, 3.8) is 0 Å². The Morgan fingerprint density at radius 3 is 2.73 bits per heavy atom. The van der Waals surface area contributed by atoms with Gasteiger partial charge in [0, 0.05) is 0 Å². The van der Waals surface area contributed by atoms with Gasteiger partial charge in [-0.2, -0.15) is 5.10 Å². The van der Waals surface area contributed by atoms with Gasteiger partial charge in [-0.1, -0.05) is 30.3 Å². The van der Waals surface area contributed by atoms with E-state index >= 15 is 0 Å². The molecule has 3 aromatic carbocycles. The average Bonchev–Trinajstić information content (AvgIpc) is 2.67. The molecule has 6 nitrogen and oxygen atoms in total. The fraction of sp³-hybridized carbons (Fsp3) is 0.100. The van der Waals surface area contributed by atoms with Gasteiger partial charge in [0.2, 0.25) is 0 Å². The zero-order valence-corrected chi connectivity index (χ0v) is 14.2. The zero-order chi connectivity index (χ0) is 18.4. The van der Waals surface area contributed by atoms with Gasteiger partial charge in [-0.3, -0.25) is 4.79 Å². The van der Waals surface area contributed by atoms with E-state index < -0.39 is 0 Å². The fourth-order valence-electron chi connectivity index (χ4n) is 2.39. The van der Waals surface area contributed by atoms with Crippen molar-refractivity contribution >= 4 is 22.9 Å². The standard InChI is InChI=1S/C20H18N2O4/c1-25-19-10-14(6-9-18(19)23)12-21-22-20(24)13-26-17-8-7-15-4-2-3-5-16(15)11-17/h2-12,23H,13H2,1H3,(H,22,24)/b21-12+. The summed E-state index contributed by atoms with van der Waals surface area (Å²) in [7, 11) is 1.46. The van der Waals surface area contributed by atoms with Crippen LogP contribution in [0.5, 0.6) is 17.2 Å². The van der Waals surface area contributed by atoms with Crippen molar-refractivity contribution < 1.29 is 19.4 Å². The number of phenolic OH excluding ortho intramolecular Hbond substituents is 1. The summed E-state index contributed by atoms with van der Waals surface area (Å²) in [5, 5.41) is 15.6. The van der Waals surface area contributed by atoms with E-state index in [1.165, 1.54) is 19.4 Å². The van der Waals surface area contributed by atoms with Crippen LogP contribution in [0, 0.1) is 0 Å². The van der Waals surface area contributed by atoms with Crippen LogP contribution in [0.2, 0.25) is 0 Å². The number of fused-ring (bicyclic) bond motifs is 1. The molecule has 26 heavy (non-hydrogen) atoms. The maximum Gasteiger partial charge on any atom is 0.277 e. The molecule has 0 saturated carbocycles. The molecule has 0 saturated heterocycles. The third-order valence-electron chi connectivity index (χ3n) is 3.70. The number of hydrogen-bond acceptors (Lipinski definition) is 5. The SMILES string of the molecule is COc1cc(/C=N/NC(=O)COc2ccc3ccccc3c2)ccc1O. The molecular formula is C20H18N2O4. The maximum atomic E-state index is 11.8. The minimum Gasteiger partial charge on any atom is -0.504 e. The fourth-order valence-corrected chi connectivity index (χ4v) is 2.39. The Kier molecular flexibility index (Phi) is 5.34. The molecule has 0 spiro atoms. The molecule has 0 unspecified atom stereocenters. The van der Waals surface area contributed by atoms with Crippen LogP contribution in [0.1, 0.15) is 5.56 Å². The van der Waals surface area contributed by atoms with Crippen molar-refractivity contribution in [2.24, 2.45) is 5.10 Å². The van der Waals surface area contributed by atoms with E-state index in [1.807, 2.05) is 42.5 Å². The molecule has 0 bridgehead atoms. The minimum atomic E-state index is -0.375. The maximum absolute atomic E-state index is 11.8. The van der Waals surface area contributed by atoms with Crippen LogP contribution in [0.4, 0.5) is 0 Å². The number of methoxy groups -OCH3 is 1. The number of rotatable bonds is 6. The molecule has 0 aliphatic carbocycles. The number of nitrogens with zero attached hydrogens (tertiary/aromatic N) is 1. The van der Waals surface area contributed by atoms with Crippen LogP contribution in [0.15, 0.2) is 65.8 Å². The zero-order valence-electron chi connectivity index (χ0n) is 14.2. The quantitative estimate of drug-likeness (QED) is 0.529. The van der Waals surface area contributed by atoms with Crippen molar-refractivity contribution in [2.45, 2.75) is 0 Å². The van der Waals surface area contributed by atoms with E-state index in [2.05, 4.69) is 10.5 Å². The number of carbonyl (C=O) groups is 1. The summed E-state index contributed by atoms with van der Waals surface area (Å²) in [6.07, 6.45) is 1.45. The van der Waals surface area contributed by atoms with Crippen molar-refractivity contribution in [1.29, 1.82) is 0 Å². The highest BCUT2D eigenvalue weighted by Crippen LogP contribution is 2.25. The monoisotopic (exact) mass is 350 g/mol. The van der Waals surface area contributed by atoms with Crippen LogP contribution in [0.25, 0.3) is 10.8 Å². The lowest BCUT2D eigenvalue weighted by atomic mass is 10.1.